The zero-order chi connectivity index (χ0) is 14.1. The van der Waals surface area contributed by atoms with Crippen molar-refractivity contribution in [2.24, 2.45) is 5.73 Å². The Hall–Kier alpha value is -1.87. The van der Waals surface area contributed by atoms with Gasteiger partial charge in [0.25, 0.3) is 0 Å². The molecule has 1 aliphatic heterocycles. The molecule has 0 unspecified atom stereocenters. The average molecular weight is 270 g/mol. The van der Waals surface area contributed by atoms with Gasteiger partial charge in [0, 0.05) is 24.0 Å². The van der Waals surface area contributed by atoms with Gasteiger partial charge in [-0.1, -0.05) is 31.2 Å². The van der Waals surface area contributed by atoms with E-state index in [2.05, 4.69) is 24.0 Å². The second-order valence-electron chi connectivity index (χ2n) is 5.25. The number of fused-ring (bicyclic) bond motifs is 1. The van der Waals surface area contributed by atoms with E-state index in [1.165, 1.54) is 11.6 Å². The summed E-state index contributed by atoms with van der Waals surface area (Å²) in [5.41, 5.74) is 10.6. The molecule has 1 atom stereocenters. The molecule has 2 N–H and O–H groups in total. The number of rotatable bonds is 3. The summed E-state index contributed by atoms with van der Waals surface area (Å²) in [5.74, 6) is -0.187. The molecule has 3 rings (SSSR count). The summed E-state index contributed by atoms with van der Waals surface area (Å²) in [6.45, 7) is 2.96. The van der Waals surface area contributed by atoms with Crippen molar-refractivity contribution in [2.75, 3.05) is 11.4 Å². The van der Waals surface area contributed by atoms with Crippen LogP contribution in [0.5, 0.6) is 0 Å². The Balaban J connectivity index is 2.06. The van der Waals surface area contributed by atoms with Gasteiger partial charge < -0.3 is 10.6 Å². The molecule has 0 radical (unpaired) electrons. The van der Waals surface area contributed by atoms with Crippen LogP contribution in [0.2, 0.25) is 0 Å². The minimum atomic E-state index is -0.187. The summed E-state index contributed by atoms with van der Waals surface area (Å²) in [6, 6.07) is 13.2. The maximum Gasteiger partial charge on any atom is 0.125 e. The fourth-order valence-electron chi connectivity index (χ4n) is 2.87. The molecular weight excluding hydrogens is 251 g/mol. The predicted molar refractivity (Wildman–Crippen MR) is 80.8 cm³/mol. The van der Waals surface area contributed by atoms with E-state index in [-0.39, 0.29) is 11.9 Å². The number of nitrogens with zero attached hydrogens (tertiary/aromatic N) is 1. The third kappa shape index (κ3) is 2.18. The number of hydrogen-bond donors (Lipinski definition) is 1. The van der Waals surface area contributed by atoms with E-state index in [4.69, 9.17) is 5.73 Å². The van der Waals surface area contributed by atoms with Crippen molar-refractivity contribution in [1.82, 2.24) is 0 Å². The highest BCUT2D eigenvalue weighted by Crippen LogP contribution is 2.38. The molecule has 2 aromatic rings. The quantitative estimate of drug-likeness (QED) is 0.915. The number of anilines is 2. The van der Waals surface area contributed by atoms with E-state index >= 15 is 0 Å². The van der Waals surface area contributed by atoms with E-state index in [0.29, 0.717) is 0 Å². The highest BCUT2D eigenvalue weighted by molar-refractivity contribution is 5.72. The van der Waals surface area contributed by atoms with Gasteiger partial charge in [0.05, 0.1) is 0 Å². The zero-order valence-electron chi connectivity index (χ0n) is 11.6. The predicted octanol–water partition coefficient (Wildman–Crippen LogP) is 3.93. The number of para-hydroxylation sites is 1. The molecule has 0 spiro atoms. The Morgan fingerprint density at radius 3 is 2.80 bits per heavy atom. The molecule has 0 aromatic heterocycles. The van der Waals surface area contributed by atoms with Crippen molar-refractivity contribution in [3.05, 3.63) is 59.4 Å². The first-order valence-electron chi connectivity index (χ1n) is 7.11. The minimum Gasteiger partial charge on any atom is -0.341 e. The highest BCUT2D eigenvalue weighted by Gasteiger charge is 2.23. The second kappa shape index (κ2) is 5.25. The van der Waals surface area contributed by atoms with E-state index in [9.17, 15) is 4.39 Å². The fourth-order valence-corrected chi connectivity index (χ4v) is 2.87. The summed E-state index contributed by atoms with van der Waals surface area (Å²) < 4.78 is 13.5. The van der Waals surface area contributed by atoms with Crippen LogP contribution < -0.4 is 10.6 Å². The van der Waals surface area contributed by atoms with Crippen LogP contribution in [0.15, 0.2) is 42.5 Å². The molecule has 20 heavy (non-hydrogen) atoms. The summed E-state index contributed by atoms with van der Waals surface area (Å²) in [4.78, 5) is 2.18. The molecule has 0 aliphatic carbocycles. The van der Waals surface area contributed by atoms with Crippen LogP contribution in [0, 0.1) is 5.82 Å². The number of hydrogen-bond acceptors (Lipinski definition) is 2. The molecule has 0 saturated heterocycles. The molecule has 2 aromatic carbocycles. The lowest BCUT2D eigenvalue weighted by atomic mass is 10.0. The maximum absolute atomic E-state index is 13.5. The Bertz CT molecular complexity index is 624. The molecule has 0 bridgehead atoms. The summed E-state index contributed by atoms with van der Waals surface area (Å²) in [7, 11) is 0. The van der Waals surface area contributed by atoms with Gasteiger partial charge in [-0.3, -0.25) is 0 Å². The highest BCUT2D eigenvalue weighted by atomic mass is 19.1. The second-order valence-corrected chi connectivity index (χ2v) is 5.25. The lowest BCUT2D eigenvalue weighted by Gasteiger charge is -2.25. The number of halogens is 1. The smallest absolute Gasteiger partial charge is 0.125 e. The largest absolute Gasteiger partial charge is 0.341 e. The van der Waals surface area contributed by atoms with Crippen LogP contribution in [-0.4, -0.2) is 6.54 Å². The van der Waals surface area contributed by atoms with Crippen molar-refractivity contribution >= 4 is 11.4 Å². The molecule has 0 saturated carbocycles. The van der Waals surface area contributed by atoms with E-state index in [0.717, 1.165) is 36.3 Å². The van der Waals surface area contributed by atoms with Crippen molar-refractivity contribution in [1.29, 1.82) is 0 Å². The first kappa shape index (κ1) is 13.1. The monoisotopic (exact) mass is 270 g/mol. The minimum absolute atomic E-state index is 0.0174. The van der Waals surface area contributed by atoms with E-state index in [1.807, 2.05) is 18.2 Å². The SMILES string of the molecule is CC[C@H](N)c1ccccc1N1CCc2ccc(F)cc21. The van der Waals surface area contributed by atoms with Gasteiger partial charge in [-0.25, -0.2) is 4.39 Å². The summed E-state index contributed by atoms with van der Waals surface area (Å²) in [5, 5.41) is 0. The van der Waals surface area contributed by atoms with Crippen molar-refractivity contribution < 1.29 is 4.39 Å². The molecule has 0 amide bonds. The molecule has 104 valence electrons. The van der Waals surface area contributed by atoms with Gasteiger partial charge in [0.1, 0.15) is 5.82 Å². The third-order valence-electron chi connectivity index (χ3n) is 4.01. The van der Waals surface area contributed by atoms with E-state index < -0.39 is 0 Å². The lowest BCUT2D eigenvalue weighted by molar-refractivity contribution is 0.628. The zero-order valence-corrected chi connectivity index (χ0v) is 11.6. The normalized spacial score (nSPS) is 15.2. The molecule has 1 heterocycles. The topological polar surface area (TPSA) is 29.3 Å². The van der Waals surface area contributed by atoms with Crippen LogP contribution in [0.25, 0.3) is 0 Å². The van der Waals surface area contributed by atoms with Gasteiger partial charge in [-0.15, -0.1) is 0 Å². The molecule has 1 aliphatic rings. The Morgan fingerprint density at radius 1 is 1.20 bits per heavy atom. The standard InChI is InChI=1S/C17H19FN2/c1-2-15(19)14-5-3-4-6-16(14)20-10-9-12-7-8-13(18)11-17(12)20/h3-8,11,15H,2,9-10,19H2,1H3/t15-/m0/s1. The van der Waals surface area contributed by atoms with Gasteiger partial charge in [-0.05, 0) is 42.2 Å². The van der Waals surface area contributed by atoms with Gasteiger partial charge in [-0.2, -0.15) is 0 Å². The molecule has 0 fully saturated rings. The van der Waals surface area contributed by atoms with Crippen molar-refractivity contribution in [3.63, 3.8) is 0 Å². The lowest BCUT2D eigenvalue weighted by Crippen LogP contribution is -2.19. The molecule has 2 nitrogen and oxygen atoms in total. The fraction of sp³-hybridized carbons (Fsp3) is 0.294. The van der Waals surface area contributed by atoms with Crippen LogP contribution >= 0.6 is 0 Å². The Kier molecular flexibility index (Phi) is 3.45. The van der Waals surface area contributed by atoms with Crippen LogP contribution in [0.3, 0.4) is 0 Å². The maximum atomic E-state index is 13.5. The Morgan fingerprint density at radius 2 is 2.00 bits per heavy atom. The average Bonchev–Trinajstić information content (AvgIpc) is 2.89. The van der Waals surface area contributed by atoms with E-state index in [1.54, 1.807) is 6.07 Å². The number of nitrogens with two attached hydrogens (primary N) is 1. The molecular formula is C17H19FN2. The third-order valence-corrected chi connectivity index (χ3v) is 4.01. The molecule has 3 heteroatoms. The summed E-state index contributed by atoms with van der Waals surface area (Å²) in [6.07, 6.45) is 1.84. The number of benzene rings is 2. The van der Waals surface area contributed by atoms with Crippen molar-refractivity contribution in [3.8, 4) is 0 Å². The van der Waals surface area contributed by atoms with Gasteiger partial charge in [0.2, 0.25) is 0 Å². The van der Waals surface area contributed by atoms with Crippen LogP contribution in [0.1, 0.15) is 30.5 Å². The first-order valence-corrected chi connectivity index (χ1v) is 7.11. The van der Waals surface area contributed by atoms with Crippen LogP contribution in [0.4, 0.5) is 15.8 Å². The van der Waals surface area contributed by atoms with Gasteiger partial charge >= 0.3 is 0 Å². The van der Waals surface area contributed by atoms with Crippen molar-refractivity contribution in [2.45, 2.75) is 25.8 Å². The Labute approximate surface area is 119 Å². The summed E-state index contributed by atoms with van der Waals surface area (Å²) >= 11 is 0. The van der Waals surface area contributed by atoms with Crippen LogP contribution in [-0.2, 0) is 6.42 Å². The van der Waals surface area contributed by atoms with Gasteiger partial charge in [0.15, 0.2) is 0 Å². The first-order chi connectivity index (χ1) is 9.70.